The van der Waals surface area contributed by atoms with Gasteiger partial charge in [-0.15, -0.1) is 10.2 Å². The Kier molecular flexibility index (Phi) is 3.54. The first-order valence-electron chi connectivity index (χ1n) is 7.86. The Bertz CT molecular complexity index is 952. The van der Waals surface area contributed by atoms with Crippen LogP contribution in [0.25, 0.3) is 11.4 Å². The second kappa shape index (κ2) is 5.87. The Morgan fingerprint density at radius 3 is 3.00 bits per heavy atom. The molecule has 0 amide bonds. The fraction of sp³-hybridized carbons (Fsp3) is 0.235. The van der Waals surface area contributed by atoms with Crippen LogP contribution in [0.5, 0.6) is 0 Å². The molecule has 0 saturated carbocycles. The maximum absolute atomic E-state index is 12.5. The minimum atomic E-state index is -0.534. The van der Waals surface area contributed by atoms with Gasteiger partial charge in [0.2, 0.25) is 11.7 Å². The van der Waals surface area contributed by atoms with Gasteiger partial charge < -0.3 is 10.5 Å². The van der Waals surface area contributed by atoms with Gasteiger partial charge in [-0.3, -0.25) is 4.79 Å². The number of hydrogen-bond donors (Lipinski definition) is 2. The van der Waals surface area contributed by atoms with E-state index < -0.39 is 5.92 Å². The number of carbonyl (C=O) groups is 1. The number of nitrogens with zero attached hydrogens (tertiary/aromatic N) is 4. The monoisotopic (exact) mass is 334 g/mol. The van der Waals surface area contributed by atoms with Crippen molar-refractivity contribution in [3.63, 3.8) is 0 Å². The Balaban J connectivity index is 1.87. The van der Waals surface area contributed by atoms with Gasteiger partial charge in [0.1, 0.15) is 17.4 Å². The van der Waals surface area contributed by atoms with Crippen molar-refractivity contribution >= 4 is 5.78 Å². The number of allylic oxidation sites excluding steroid dienone is 3. The Morgan fingerprint density at radius 2 is 2.24 bits per heavy atom. The summed E-state index contributed by atoms with van der Waals surface area (Å²) in [5.41, 5.74) is 8.24. The molecule has 8 heteroatoms. The van der Waals surface area contributed by atoms with E-state index in [9.17, 15) is 10.1 Å². The zero-order chi connectivity index (χ0) is 17.4. The molecule has 4 rings (SSSR count). The molecule has 8 nitrogen and oxygen atoms in total. The average Bonchev–Trinajstić information content (AvgIpc) is 3.15. The molecule has 0 spiro atoms. The smallest absolute Gasteiger partial charge is 0.205 e. The van der Waals surface area contributed by atoms with Gasteiger partial charge in [-0.1, -0.05) is 18.2 Å². The van der Waals surface area contributed by atoms with Gasteiger partial charge >= 0.3 is 0 Å². The highest BCUT2D eigenvalue weighted by atomic mass is 16.5. The SMILES string of the molecule is N#CC1=C(N)OC2=C(C(=O)CCC2)C1c1cccc(-c2nn[nH]n2)c1. The number of carbonyl (C=O) groups excluding carboxylic acids is 1. The first-order chi connectivity index (χ1) is 12.2. The average molecular weight is 334 g/mol. The first kappa shape index (κ1) is 15.1. The molecular weight excluding hydrogens is 320 g/mol. The third kappa shape index (κ3) is 2.46. The van der Waals surface area contributed by atoms with Crippen LogP contribution in [0.2, 0.25) is 0 Å². The van der Waals surface area contributed by atoms with Crippen molar-refractivity contribution in [2.24, 2.45) is 5.73 Å². The molecule has 2 aromatic rings. The zero-order valence-electron chi connectivity index (χ0n) is 13.2. The minimum Gasteiger partial charge on any atom is -0.444 e. The van der Waals surface area contributed by atoms with Crippen molar-refractivity contribution in [1.82, 2.24) is 20.6 Å². The predicted octanol–water partition coefficient (Wildman–Crippen LogP) is 1.68. The summed E-state index contributed by atoms with van der Waals surface area (Å²) < 4.78 is 5.57. The Hall–Kier alpha value is -3.47. The van der Waals surface area contributed by atoms with E-state index >= 15 is 0 Å². The van der Waals surface area contributed by atoms with Crippen LogP contribution in [0.15, 0.2) is 47.1 Å². The molecule has 0 bridgehead atoms. The quantitative estimate of drug-likeness (QED) is 0.854. The van der Waals surface area contributed by atoms with Crippen LogP contribution in [0.1, 0.15) is 30.7 Å². The van der Waals surface area contributed by atoms with Crippen LogP contribution in [-0.2, 0) is 9.53 Å². The van der Waals surface area contributed by atoms with E-state index in [1.165, 1.54) is 0 Å². The van der Waals surface area contributed by atoms with Crippen LogP contribution in [0.3, 0.4) is 0 Å². The molecular formula is C17H14N6O2. The molecule has 124 valence electrons. The number of rotatable bonds is 2. The molecule has 0 fully saturated rings. The summed E-state index contributed by atoms with van der Waals surface area (Å²) in [5.74, 6) is 0.534. The summed E-state index contributed by atoms with van der Waals surface area (Å²) in [4.78, 5) is 12.5. The number of Topliss-reactive ketones (excluding diaryl/α,β-unsaturated/α-hetero) is 1. The van der Waals surface area contributed by atoms with Crippen LogP contribution < -0.4 is 5.73 Å². The van der Waals surface area contributed by atoms with Crippen molar-refractivity contribution in [2.45, 2.75) is 25.2 Å². The standard InChI is InChI=1S/C17H14N6O2/c18-8-11-14(15-12(24)5-2-6-13(15)25-16(11)19)9-3-1-4-10(7-9)17-20-22-23-21-17/h1,3-4,7,14H,2,5-6,19H2,(H,20,21,22,23). The van der Waals surface area contributed by atoms with Crippen molar-refractivity contribution in [3.8, 4) is 17.5 Å². The number of aromatic amines is 1. The van der Waals surface area contributed by atoms with Crippen LogP contribution in [0.4, 0.5) is 0 Å². The lowest BCUT2D eigenvalue weighted by molar-refractivity contribution is -0.116. The molecule has 0 radical (unpaired) electrons. The number of ketones is 1. The van der Waals surface area contributed by atoms with Crippen LogP contribution in [-0.4, -0.2) is 26.4 Å². The van der Waals surface area contributed by atoms with Crippen molar-refractivity contribution < 1.29 is 9.53 Å². The maximum atomic E-state index is 12.5. The summed E-state index contributed by atoms with van der Waals surface area (Å²) in [6.07, 6.45) is 1.81. The maximum Gasteiger partial charge on any atom is 0.205 e. The van der Waals surface area contributed by atoms with Gasteiger partial charge in [-0.25, -0.2) is 0 Å². The molecule has 1 atom stereocenters. The van der Waals surface area contributed by atoms with E-state index in [2.05, 4.69) is 26.7 Å². The highest BCUT2D eigenvalue weighted by molar-refractivity contribution is 5.99. The number of nitrogens with one attached hydrogen (secondary N) is 1. The molecule has 0 saturated heterocycles. The third-order valence-electron chi connectivity index (χ3n) is 4.43. The van der Waals surface area contributed by atoms with E-state index in [0.717, 1.165) is 17.5 Å². The lowest BCUT2D eigenvalue weighted by Gasteiger charge is -2.31. The van der Waals surface area contributed by atoms with Gasteiger partial charge in [0.05, 0.1) is 5.92 Å². The van der Waals surface area contributed by atoms with Gasteiger partial charge in [-0.2, -0.15) is 10.5 Å². The van der Waals surface area contributed by atoms with Gasteiger partial charge in [0.25, 0.3) is 0 Å². The predicted molar refractivity (Wildman–Crippen MR) is 86.2 cm³/mol. The largest absolute Gasteiger partial charge is 0.444 e. The van der Waals surface area contributed by atoms with Gasteiger partial charge in [0, 0.05) is 24.0 Å². The number of ether oxygens (including phenoxy) is 1. The number of tetrazole rings is 1. The molecule has 1 aromatic heterocycles. The Morgan fingerprint density at radius 1 is 1.36 bits per heavy atom. The minimum absolute atomic E-state index is 0.00327. The van der Waals surface area contributed by atoms with E-state index in [-0.39, 0.29) is 17.2 Å². The van der Waals surface area contributed by atoms with E-state index in [1.807, 2.05) is 24.3 Å². The summed E-state index contributed by atoms with van der Waals surface area (Å²) in [7, 11) is 0. The lowest BCUT2D eigenvalue weighted by atomic mass is 9.77. The van der Waals surface area contributed by atoms with Crippen LogP contribution >= 0.6 is 0 Å². The fourth-order valence-corrected chi connectivity index (χ4v) is 3.33. The van der Waals surface area contributed by atoms with E-state index in [1.54, 1.807) is 0 Å². The van der Waals surface area contributed by atoms with Crippen molar-refractivity contribution in [2.75, 3.05) is 0 Å². The van der Waals surface area contributed by atoms with Crippen LogP contribution in [0, 0.1) is 11.3 Å². The van der Waals surface area contributed by atoms with Gasteiger partial charge in [-0.05, 0) is 23.3 Å². The number of nitriles is 1. The topological polar surface area (TPSA) is 131 Å². The highest BCUT2D eigenvalue weighted by Gasteiger charge is 2.38. The summed E-state index contributed by atoms with van der Waals surface area (Å²) >= 11 is 0. The summed E-state index contributed by atoms with van der Waals surface area (Å²) in [5, 5.41) is 23.5. The number of nitrogens with two attached hydrogens (primary N) is 1. The third-order valence-corrected chi connectivity index (χ3v) is 4.43. The zero-order valence-corrected chi connectivity index (χ0v) is 13.2. The second-order valence-corrected chi connectivity index (χ2v) is 5.90. The summed E-state index contributed by atoms with van der Waals surface area (Å²) in [6.45, 7) is 0. The Labute approximate surface area is 143 Å². The van der Waals surface area contributed by atoms with E-state index in [0.29, 0.717) is 30.0 Å². The number of hydrogen-bond acceptors (Lipinski definition) is 7. The molecule has 2 aliphatic rings. The van der Waals surface area contributed by atoms with E-state index in [4.69, 9.17) is 10.5 Å². The van der Waals surface area contributed by atoms with Gasteiger partial charge in [0.15, 0.2) is 5.78 Å². The normalized spacial score (nSPS) is 20.1. The lowest BCUT2D eigenvalue weighted by Crippen LogP contribution is -2.27. The molecule has 1 aliphatic heterocycles. The number of benzene rings is 1. The first-order valence-corrected chi connectivity index (χ1v) is 7.86. The molecule has 3 N–H and O–H groups in total. The molecule has 2 heterocycles. The molecule has 1 aromatic carbocycles. The fourth-order valence-electron chi connectivity index (χ4n) is 3.33. The molecule has 25 heavy (non-hydrogen) atoms. The number of H-pyrrole nitrogens is 1. The van der Waals surface area contributed by atoms with Crippen molar-refractivity contribution in [3.05, 3.63) is 52.6 Å². The molecule has 1 unspecified atom stereocenters. The highest BCUT2D eigenvalue weighted by Crippen LogP contribution is 2.43. The molecule has 1 aliphatic carbocycles. The second-order valence-electron chi connectivity index (χ2n) is 5.90. The van der Waals surface area contributed by atoms with Crippen molar-refractivity contribution in [1.29, 1.82) is 5.26 Å². The summed E-state index contributed by atoms with van der Waals surface area (Å²) in [6, 6.07) is 9.47. The number of aromatic nitrogens is 4.